The van der Waals surface area contributed by atoms with E-state index in [9.17, 15) is 34.9 Å². The Hall–Kier alpha value is -5.60. The lowest BCUT2D eigenvalue weighted by Crippen LogP contribution is -2.47. The van der Waals surface area contributed by atoms with Gasteiger partial charge in [0.1, 0.15) is 26.8 Å². The van der Waals surface area contributed by atoms with E-state index in [1.54, 1.807) is 12.1 Å². The number of alkyl halides is 5. The van der Waals surface area contributed by atoms with Gasteiger partial charge in [0.25, 0.3) is 12.0 Å². The molecule has 8 rings (SSSR count). The molecular formula is C63H70F5O5S3+. The van der Waals surface area contributed by atoms with Crippen LogP contribution < -0.4 is 9.47 Å². The Morgan fingerprint density at radius 3 is 1.25 bits per heavy atom. The predicted molar refractivity (Wildman–Crippen MR) is 298 cm³/mol. The molecule has 0 spiro atoms. The van der Waals surface area contributed by atoms with E-state index in [4.69, 9.17) is 9.47 Å². The first-order chi connectivity index (χ1) is 35.4. The zero-order chi connectivity index (χ0) is 56.1. The zero-order valence-electron chi connectivity index (χ0n) is 45.6. The third-order valence-corrected chi connectivity index (χ3v) is 18.1. The Balaban J connectivity index is 0.000000202. The molecule has 13 heteroatoms. The molecule has 0 bridgehead atoms. The number of rotatable bonds is 11. The average Bonchev–Trinajstić information content (AvgIpc) is 3.35. The number of fused-ring (bicyclic) bond motifs is 2. The summed E-state index contributed by atoms with van der Waals surface area (Å²) in [6.45, 7) is 24.8. The maximum Gasteiger partial charge on any atom is 0.431 e. The molecule has 0 saturated carbocycles. The summed E-state index contributed by atoms with van der Waals surface area (Å²) in [6.07, 6.45) is -8.43. The van der Waals surface area contributed by atoms with Gasteiger partial charge < -0.3 is 14.0 Å². The first-order valence-electron chi connectivity index (χ1n) is 25.3. The highest BCUT2D eigenvalue weighted by Gasteiger charge is 2.55. The van der Waals surface area contributed by atoms with Gasteiger partial charge in [-0.25, -0.2) is 17.2 Å². The van der Waals surface area contributed by atoms with Gasteiger partial charge in [0.2, 0.25) is 9.79 Å². The molecule has 404 valence electrons. The molecule has 1 atom stereocenters. The van der Waals surface area contributed by atoms with Crippen molar-refractivity contribution >= 4 is 31.9 Å². The van der Waals surface area contributed by atoms with E-state index in [-0.39, 0.29) is 51.1 Å². The number of hydrogen-bond acceptors (Lipinski definition) is 5. The van der Waals surface area contributed by atoms with Crippen molar-refractivity contribution in [2.24, 2.45) is 0 Å². The van der Waals surface area contributed by atoms with Crippen LogP contribution in [0.25, 0.3) is 0 Å². The minimum absolute atomic E-state index is 0.00919. The van der Waals surface area contributed by atoms with Gasteiger partial charge in [0.05, 0.1) is 15.8 Å². The van der Waals surface area contributed by atoms with Crippen LogP contribution in [0, 0.1) is 0 Å². The van der Waals surface area contributed by atoms with E-state index in [1.165, 1.54) is 37.9 Å². The van der Waals surface area contributed by atoms with Crippen molar-refractivity contribution in [1.82, 2.24) is 0 Å². The minimum Gasteiger partial charge on any atom is -0.744 e. The molecular weight excluding hydrogens is 1030 g/mol. The molecule has 76 heavy (non-hydrogen) atoms. The van der Waals surface area contributed by atoms with Crippen molar-refractivity contribution < 1.29 is 44.4 Å². The van der Waals surface area contributed by atoms with Crippen molar-refractivity contribution in [3.8, 4) is 17.2 Å². The van der Waals surface area contributed by atoms with Crippen molar-refractivity contribution in [3.63, 3.8) is 0 Å². The molecule has 7 aromatic carbocycles. The normalized spacial score (nSPS) is 13.5. The molecule has 0 saturated heterocycles. The second-order valence-corrected chi connectivity index (χ2v) is 27.2. The van der Waals surface area contributed by atoms with Crippen LogP contribution >= 0.6 is 0 Å². The fourth-order valence-corrected chi connectivity index (χ4v) is 13.9. The van der Waals surface area contributed by atoms with Gasteiger partial charge in [-0.15, -0.1) is 0 Å². The summed E-state index contributed by atoms with van der Waals surface area (Å²) in [7, 11) is -5.10. The standard InChI is InChI=1S/C30H34F5OS.C18H13OS.C15H24O3S/c1-27(2,3)20-8-14-23(15-9-20)37(24-16-10-21(11-17-24)28(4,5)6)25-18-12-22(13-19-25)36-26(29(7,31)32)30(33,34)35;1-2-8-14(9-3-1)20-17-12-6-4-10-15(17)19-16-11-5-7-13-18(16)20;1-9(2)12-7-13(10(3)4)15(19(16,17)18)14(8-12)11(5)6/h8-19,26H,1-7H3;1-13H;7-11H,1-6H3,(H,16,17,18)/q2*+1;/p-1. The van der Waals surface area contributed by atoms with Gasteiger partial charge in [-0.2, -0.15) is 13.2 Å². The third kappa shape index (κ3) is 14.9. The fraction of sp³-hybridized carbons (Fsp3) is 0.333. The molecule has 0 aromatic heterocycles. The molecule has 7 aromatic rings. The summed E-state index contributed by atoms with van der Waals surface area (Å²) in [5.74, 6) is -2.08. The lowest BCUT2D eigenvalue weighted by atomic mass is 9.87. The van der Waals surface area contributed by atoms with E-state index in [2.05, 4.69) is 159 Å². The molecule has 5 nitrogen and oxygen atoms in total. The zero-order valence-corrected chi connectivity index (χ0v) is 48.0. The highest BCUT2D eigenvalue weighted by Crippen LogP contribution is 2.47. The number of halogens is 5. The van der Waals surface area contributed by atoms with E-state index in [0.717, 1.165) is 31.7 Å². The summed E-state index contributed by atoms with van der Waals surface area (Å²) in [4.78, 5) is 6.76. The van der Waals surface area contributed by atoms with Crippen LogP contribution in [0.2, 0.25) is 0 Å². The summed E-state index contributed by atoms with van der Waals surface area (Å²) in [5.41, 5.74) is 4.71. The number of hydrogen-bond donors (Lipinski definition) is 0. The second-order valence-electron chi connectivity index (χ2n) is 21.9. The highest BCUT2D eigenvalue weighted by atomic mass is 32.2. The predicted octanol–water partition coefficient (Wildman–Crippen LogP) is 18.2. The van der Waals surface area contributed by atoms with Crippen LogP contribution in [0.1, 0.15) is 136 Å². The molecule has 0 aliphatic carbocycles. The molecule has 0 radical (unpaired) electrons. The summed E-state index contributed by atoms with van der Waals surface area (Å²) < 4.78 is 112. The maximum absolute atomic E-state index is 13.6. The Bertz CT molecular complexity index is 2990. The SMILES string of the molecule is CC(C)(C)c1ccc([S+](c2ccc(OC(C(C)(F)F)C(F)(F)F)cc2)c2ccc(C(C)(C)C)cc2)cc1.CC(C)c1cc(C(C)C)c(S(=O)(=O)[O-])c(C(C)C)c1.c1ccc([S+]2c3ccccc3Oc3ccccc32)cc1. The lowest BCUT2D eigenvalue weighted by molar-refractivity contribution is -0.254. The first-order valence-corrected chi connectivity index (χ1v) is 29.2. The summed E-state index contributed by atoms with van der Waals surface area (Å²) in [6, 6.07) is 53.6. The molecule has 1 unspecified atom stereocenters. The van der Waals surface area contributed by atoms with Crippen LogP contribution in [0.5, 0.6) is 17.2 Å². The molecule has 1 aliphatic rings. The molecule has 0 fully saturated rings. The topological polar surface area (TPSA) is 75.7 Å². The van der Waals surface area contributed by atoms with Gasteiger partial charge in [-0.1, -0.05) is 162 Å². The van der Waals surface area contributed by atoms with Gasteiger partial charge >= 0.3 is 6.18 Å². The van der Waals surface area contributed by atoms with Crippen LogP contribution in [0.15, 0.2) is 198 Å². The fourth-order valence-electron chi connectivity index (χ4n) is 8.47. The maximum atomic E-state index is 13.6. The van der Waals surface area contributed by atoms with Crippen molar-refractivity contribution in [2.75, 3.05) is 0 Å². The lowest BCUT2D eigenvalue weighted by Gasteiger charge is -2.26. The minimum atomic E-state index is -5.20. The van der Waals surface area contributed by atoms with Crippen molar-refractivity contribution in [2.45, 2.75) is 171 Å². The van der Waals surface area contributed by atoms with Gasteiger partial charge in [0.15, 0.2) is 31.1 Å². The van der Waals surface area contributed by atoms with Crippen molar-refractivity contribution in [1.29, 1.82) is 0 Å². The van der Waals surface area contributed by atoms with Crippen molar-refractivity contribution in [3.05, 3.63) is 192 Å². The Kier molecular flexibility index (Phi) is 18.8. The quantitative estimate of drug-likeness (QED) is 0.0733. The van der Waals surface area contributed by atoms with Crippen LogP contribution in [0.4, 0.5) is 22.0 Å². The highest BCUT2D eigenvalue weighted by molar-refractivity contribution is 7.97. The van der Waals surface area contributed by atoms with Gasteiger partial charge in [0, 0.05) is 6.92 Å². The Labute approximate surface area is 453 Å². The number of para-hydroxylation sites is 2. The van der Waals surface area contributed by atoms with Gasteiger partial charge in [-0.05, 0) is 141 Å². The second kappa shape index (κ2) is 24.0. The van der Waals surface area contributed by atoms with Gasteiger partial charge in [-0.3, -0.25) is 0 Å². The molecule has 1 aliphatic heterocycles. The summed E-state index contributed by atoms with van der Waals surface area (Å²) in [5, 5.41) is 0. The average molecular weight is 1100 g/mol. The molecule has 0 N–H and O–H groups in total. The Morgan fingerprint density at radius 1 is 0.526 bits per heavy atom. The van der Waals surface area contributed by atoms with Crippen LogP contribution in [-0.4, -0.2) is 31.2 Å². The monoisotopic (exact) mass is 1100 g/mol. The number of benzene rings is 7. The van der Waals surface area contributed by atoms with E-state index >= 15 is 0 Å². The third-order valence-electron chi connectivity index (χ3n) is 12.6. The van der Waals surface area contributed by atoms with E-state index < -0.39 is 39.2 Å². The molecule has 1 heterocycles. The first kappa shape index (κ1) is 59.6. The summed E-state index contributed by atoms with van der Waals surface area (Å²) >= 11 is 0. The number of ether oxygens (including phenoxy) is 2. The smallest absolute Gasteiger partial charge is 0.431 e. The van der Waals surface area contributed by atoms with Crippen LogP contribution in [-0.2, 0) is 42.7 Å². The van der Waals surface area contributed by atoms with E-state index in [0.29, 0.717) is 17.0 Å². The van der Waals surface area contributed by atoms with E-state index in [1.807, 2.05) is 64.1 Å². The van der Waals surface area contributed by atoms with Crippen LogP contribution in [0.3, 0.4) is 0 Å². The molecule has 0 amide bonds. The Morgan fingerprint density at radius 2 is 0.908 bits per heavy atom. The largest absolute Gasteiger partial charge is 0.744 e.